The van der Waals surface area contributed by atoms with Gasteiger partial charge in [0, 0.05) is 60.8 Å². The van der Waals surface area contributed by atoms with Crippen molar-refractivity contribution in [3.8, 4) is 5.75 Å². The van der Waals surface area contributed by atoms with Gasteiger partial charge in [0.2, 0.25) is 11.6 Å². The van der Waals surface area contributed by atoms with Crippen LogP contribution in [0.4, 0.5) is 96.6 Å². The molecule has 1 unspecified atom stereocenters. The van der Waals surface area contributed by atoms with E-state index in [4.69, 9.17) is 42.6 Å². The molecule has 0 spiro atoms. The molecule has 13 saturated carbocycles. The van der Waals surface area contributed by atoms with Gasteiger partial charge >= 0.3 is 77.2 Å². The van der Waals surface area contributed by atoms with E-state index >= 15 is 0 Å². The van der Waals surface area contributed by atoms with Crippen LogP contribution in [-0.4, -0.2) is 203 Å². The quantitative estimate of drug-likeness (QED) is 0.0115. The Balaban J connectivity index is 0.000000243. The number of hydrogen-bond donors (Lipinski definition) is 0. The number of benzene rings is 1. The van der Waals surface area contributed by atoms with Crippen LogP contribution in [0.3, 0.4) is 0 Å². The highest BCUT2D eigenvalue weighted by molar-refractivity contribution is 7.85. The third-order valence-electron chi connectivity index (χ3n) is 27.6. The number of halogens is 22. The minimum Gasteiger partial charge on any atom is -0.744 e. The number of hydrogen-bond acceptors (Lipinski definition) is 20. The summed E-state index contributed by atoms with van der Waals surface area (Å²) in [4.78, 5) is 42.3. The van der Waals surface area contributed by atoms with Crippen LogP contribution in [0.2, 0.25) is 0 Å². The van der Waals surface area contributed by atoms with Crippen LogP contribution < -0.4 is 4.74 Å². The zero-order valence-electron chi connectivity index (χ0n) is 79.9. The largest absolute Gasteiger partial charge is 0.744 e. The summed E-state index contributed by atoms with van der Waals surface area (Å²) in [5.41, 5.74) is -2.75. The third kappa shape index (κ3) is 35.2. The van der Waals surface area contributed by atoms with Crippen LogP contribution >= 0.6 is 0 Å². The van der Waals surface area contributed by atoms with E-state index in [1.54, 1.807) is 20.8 Å². The van der Waals surface area contributed by atoms with E-state index in [1.807, 2.05) is 34.6 Å². The topological polar surface area (TPSA) is 245 Å². The summed E-state index contributed by atoms with van der Waals surface area (Å²) in [5, 5.41) is 0. The molecular weight excluding hydrogens is 1880 g/mol. The Labute approximate surface area is 776 Å². The highest BCUT2D eigenvalue weighted by atomic mass is 32.2. The van der Waals surface area contributed by atoms with Crippen molar-refractivity contribution < 1.29 is 190 Å². The Morgan fingerprint density at radius 2 is 0.800 bits per heavy atom. The molecule has 14 fully saturated rings. The summed E-state index contributed by atoms with van der Waals surface area (Å²) in [6.07, 6.45) is 22.2. The zero-order chi connectivity index (χ0) is 102. The molecule has 13 aliphatic carbocycles. The molecule has 1 aliphatic heterocycles. The number of esters is 4. The van der Waals surface area contributed by atoms with Gasteiger partial charge in [0.05, 0.1) is 56.4 Å². The molecule has 0 aromatic heterocycles. The molecule has 1 atom stereocenters. The molecule has 43 heteroatoms. The molecule has 12 bridgehead atoms. The van der Waals surface area contributed by atoms with Crippen LogP contribution in [0.15, 0.2) is 4.90 Å². The number of carbonyl (C=O) groups excluding carboxylic acids is 4. The van der Waals surface area contributed by atoms with Gasteiger partial charge in [0.15, 0.2) is 29.8 Å². The van der Waals surface area contributed by atoms with Gasteiger partial charge in [-0.25, -0.2) is 62.7 Å². The van der Waals surface area contributed by atoms with Crippen molar-refractivity contribution >= 4 is 34.0 Å². The van der Waals surface area contributed by atoms with Gasteiger partial charge in [-0.1, -0.05) is 33.1 Å². The van der Waals surface area contributed by atoms with Crippen molar-refractivity contribution in [3.63, 3.8) is 0 Å². The molecule has 20 nitrogen and oxygen atoms in total. The standard InChI is InChI=1S/C16H24F4O2.C16H22F2O4.C16H24F2O4.C14H24F4O.C11H20F4O.C10H10F4O4S.C9H14F2O4/c1-15(17,18)16(19,20)2-3-21-9-22-14-12-5-10-4-11(7-12)8-13(14)6-10;1-15(22-13(19)8-21-14(20)16(2,17)18)11-4-9-3-10(6-11)7-12(15)5-9;1-16(17,18)15(19)21-3-2-20-9-22-14-12-5-10-4-11(7-12)8-13(14)6-10;1-12(2,11-7-5-4-6-8-11)19-10-9-14(17,18)13(3,15)16;1-5-9(3,6-2)16-8-7-11(14,15)10(4,12)13;1-10(2,3)18-8-4(11)6(13)9(19(15,16)17)7(14)5(8)12;1-8(2)14-5-6(15-8)4-13-7(12)9(3,10)11/h10-14H,2-9H2,1H3;9-12H,3-8H2,1-2H3;10-14H,2-9H2,1H3;11H,4-10H2,1-3H3;5-8H2,1-4H3;1-3H3,(H,15,16,17);6H,4-5H2,1-3H3/p-1. The molecule has 0 radical (unpaired) electrons. The van der Waals surface area contributed by atoms with E-state index in [-0.39, 0.29) is 86.2 Å². The lowest BCUT2D eigenvalue weighted by molar-refractivity contribution is -0.216. The predicted molar refractivity (Wildman–Crippen MR) is 443 cm³/mol. The molecule has 1 saturated heterocycles. The summed E-state index contributed by atoms with van der Waals surface area (Å²) in [6, 6.07) is 0. The Bertz CT molecular complexity index is 3920. The fraction of sp³-hybridized carbons (Fsp3) is 0.891. The first-order valence-electron chi connectivity index (χ1n) is 46.2. The van der Waals surface area contributed by atoms with Crippen molar-refractivity contribution in [2.45, 2.75) is 383 Å². The average molecular weight is 2010 g/mol. The predicted octanol–water partition coefficient (Wildman–Crippen LogP) is 23.4. The van der Waals surface area contributed by atoms with Gasteiger partial charge in [-0.2, -0.15) is 61.5 Å². The molecule has 1 aromatic carbocycles. The first-order valence-corrected chi connectivity index (χ1v) is 47.6. The molecular formula is C92H137F22O20S-. The van der Waals surface area contributed by atoms with Gasteiger partial charge in [-0.05, 0) is 261 Å². The smallest absolute Gasteiger partial charge is 0.377 e. The van der Waals surface area contributed by atoms with Crippen molar-refractivity contribution in [2.24, 2.45) is 76.9 Å². The first-order chi connectivity index (χ1) is 61.6. The summed E-state index contributed by atoms with van der Waals surface area (Å²) in [6.45, 7) is 19.0. The van der Waals surface area contributed by atoms with E-state index in [1.165, 1.54) is 97.8 Å². The van der Waals surface area contributed by atoms with Crippen molar-refractivity contribution in [3.05, 3.63) is 23.3 Å². The zero-order valence-corrected chi connectivity index (χ0v) is 80.7. The van der Waals surface area contributed by atoms with Crippen LogP contribution in [0.5, 0.6) is 5.75 Å². The van der Waals surface area contributed by atoms with Gasteiger partial charge in [-0.15, -0.1) is 0 Å². The summed E-state index contributed by atoms with van der Waals surface area (Å²) < 4.78 is 381. The van der Waals surface area contributed by atoms with Crippen LogP contribution in [0.1, 0.15) is 278 Å². The van der Waals surface area contributed by atoms with Gasteiger partial charge < -0.3 is 66.1 Å². The fourth-order valence-electron chi connectivity index (χ4n) is 20.2. The molecule has 786 valence electrons. The van der Waals surface area contributed by atoms with Crippen molar-refractivity contribution in [1.82, 2.24) is 0 Å². The fourth-order valence-corrected chi connectivity index (χ4v) is 20.9. The Kier molecular flexibility index (Phi) is 41.7. The summed E-state index contributed by atoms with van der Waals surface area (Å²) in [5.74, 6) is -42.5. The van der Waals surface area contributed by atoms with Gasteiger partial charge in [0.1, 0.15) is 59.1 Å². The second-order valence-electron chi connectivity index (χ2n) is 41.0. The summed E-state index contributed by atoms with van der Waals surface area (Å²) >= 11 is 0. The molecule has 0 amide bonds. The Morgan fingerprint density at radius 3 is 1.15 bits per heavy atom. The minimum atomic E-state index is -5.71. The van der Waals surface area contributed by atoms with E-state index in [9.17, 15) is 129 Å². The van der Waals surface area contributed by atoms with Crippen LogP contribution in [-0.2, 0) is 86.1 Å². The molecule has 15 rings (SSSR count). The SMILES string of the molecule is CC(C)(C)Oc1c(F)c(F)c(S(=O)(=O)[O-])c(F)c1F.CC(C)(OCCC(F)(F)C(C)(F)F)C1CCCCC1.CC(F)(F)C(=O)OCC(=O)OC1(C)C2CC3CC(C2)CC1C3.CC(F)(F)C(=O)OCCOCOC1C2CC3CC(C2)CC1C3.CC(F)(F)C(F)(F)CCOCOC1C2CC3CC(C2)CC1C3.CC1(C)OCC(COC(=O)C(C)(F)F)O1.CCC(C)(CC)OCCC(F)(F)C(C)(F)F. The third-order valence-corrected chi connectivity index (χ3v) is 28.4. The number of rotatable bonds is 36. The van der Waals surface area contributed by atoms with Crippen LogP contribution in [0, 0.1) is 100 Å². The van der Waals surface area contributed by atoms with E-state index in [0.29, 0.717) is 75.0 Å². The molecule has 1 heterocycles. The molecule has 14 aliphatic rings. The highest BCUT2D eigenvalue weighted by Gasteiger charge is 2.59. The normalized spacial score (nSPS) is 27.6. The highest BCUT2D eigenvalue weighted by Crippen LogP contribution is 2.61. The van der Waals surface area contributed by atoms with E-state index in [2.05, 4.69) is 18.9 Å². The second-order valence-corrected chi connectivity index (χ2v) is 42.3. The first kappa shape index (κ1) is 119. The maximum absolute atomic E-state index is 13.5. The van der Waals surface area contributed by atoms with Crippen LogP contribution in [0.25, 0.3) is 0 Å². The molecule has 1 aromatic rings. The van der Waals surface area contributed by atoms with Gasteiger partial charge in [-0.3, -0.25) is 0 Å². The minimum absolute atomic E-state index is 0.0711. The van der Waals surface area contributed by atoms with E-state index in [0.717, 1.165) is 86.9 Å². The number of ether oxygens (including phenoxy) is 13. The molecule has 0 N–H and O–H groups in total. The average Bonchev–Trinajstić information content (AvgIpc) is 1.33. The Hall–Kier alpha value is -5.05. The number of alkyl halides is 18. The lowest BCUT2D eigenvalue weighted by Crippen LogP contribution is -2.58. The molecule has 135 heavy (non-hydrogen) atoms. The lowest BCUT2D eigenvalue weighted by Gasteiger charge is -2.59. The number of carbonyl (C=O) groups is 4. The van der Waals surface area contributed by atoms with Crippen molar-refractivity contribution in [2.75, 3.05) is 66.4 Å². The lowest BCUT2D eigenvalue weighted by atomic mass is 9.50. The summed E-state index contributed by atoms with van der Waals surface area (Å²) in [7, 11) is -5.71. The van der Waals surface area contributed by atoms with E-state index < -0.39 is 188 Å². The second kappa shape index (κ2) is 47.4. The monoisotopic (exact) mass is 2010 g/mol. The maximum atomic E-state index is 13.5. The maximum Gasteiger partial charge on any atom is 0.377 e. The van der Waals surface area contributed by atoms with Gasteiger partial charge in [0.25, 0.3) is 0 Å². The van der Waals surface area contributed by atoms with Crippen molar-refractivity contribution in [1.29, 1.82) is 0 Å². The Morgan fingerprint density at radius 1 is 0.444 bits per heavy atom.